The molecule has 3 heterocycles. The van der Waals surface area contributed by atoms with Crippen LogP contribution < -0.4 is 0 Å². The van der Waals surface area contributed by atoms with E-state index in [0.717, 1.165) is 35.9 Å². The largest absolute Gasteiger partial charge is 0.416 e. The maximum Gasteiger partial charge on any atom is 0.416 e. The lowest BCUT2D eigenvalue weighted by molar-refractivity contribution is -0.137. The minimum Gasteiger partial charge on any atom is -0.338 e. The van der Waals surface area contributed by atoms with Gasteiger partial charge >= 0.3 is 6.18 Å². The van der Waals surface area contributed by atoms with Gasteiger partial charge in [0, 0.05) is 48.4 Å². The maximum absolute atomic E-state index is 13.1. The number of piperidine rings is 1. The first kappa shape index (κ1) is 22.0. The van der Waals surface area contributed by atoms with E-state index in [1.807, 2.05) is 24.0 Å². The summed E-state index contributed by atoms with van der Waals surface area (Å²) in [5.41, 5.74) is 3.21. The topological polar surface area (TPSA) is 46.1 Å². The summed E-state index contributed by atoms with van der Waals surface area (Å²) in [6.07, 6.45) is 1.04. The molecule has 7 heteroatoms. The lowest BCUT2D eigenvalue weighted by Crippen LogP contribution is -2.39. The number of alkyl halides is 3. The number of pyridine rings is 2. The van der Waals surface area contributed by atoms with Crippen molar-refractivity contribution >= 4 is 5.91 Å². The van der Waals surface area contributed by atoms with Gasteiger partial charge in [-0.2, -0.15) is 13.2 Å². The minimum absolute atomic E-state index is 0.0195. The van der Waals surface area contributed by atoms with Crippen molar-refractivity contribution in [2.45, 2.75) is 38.3 Å². The molecule has 1 atom stereocenters. The summed E-state index contributed by atoms with van der Waals surface area (Å²) in [6.45, 7) is 3.16. The molecule has 0 saturated carbocycles. The Morgan fingerprint density at radius 3 is 2.62 bits per heavy atom. The van der Waals surface area contributed by atoms with Crippen molar-refractivity contribution < 1.29 is 18.0 Å². The number of carbonyl (C=O) groups excluding carboxylic acids is 1. The monoisotopic (exact) mass is 439 g/mol. The van der Waals surface area contributed by atoms with Crippen molar-refractivity contribution in [1.82, 2.24) is 14.9 Å². The van der Waals surface area contributed by atoms with E-state index in [9.17, 15) is 18.0 Å². The Morgan fingerprint density at radius 2 is 1.88 bits per heavy atom. The fraction of sp³-hybridized carbons (Fsp3) is 0.320. The summed E-state index contributed by atoms with van der Waals surface area (Å²) in [5, 5.41) is 0. The van der Waals surface area contributed by atoms with Gasteiger partial charge in [-0.05, 0) is 67.6 Å². The lowest BCUT2D eigenvalue weighted by Gasteiger charge is -2.33. The summed E-state index contributed by atoms with van der Waals surface area (Å²) in [5.74, 6) is 0.0728. The van der Waals surface area contributed by atoms with Gasteiger partial charge in [0.1, 0.15) is 0 Å². The first-order valence-electron chi connectivity index (χ1n) is 10.6. The van der Waals surface area contributed by atoms with E-state index in [4.69, 9.17) is 4.98 Å². The highest BCUT2D eigenvalue weighted by Crippen LogP contribution is 2.31. The van der Waals surface area contributed by atoms with Crippen LogP contribution in [-0.2, 0) is 12.6 Å². The molecule has 0 bridgehead atoms. The van der Waals surface area contributed by atoms with E-state index in [-0.39, 0.29) is 11.8 Å². The summed E-state index contributed by atoms with van der Waals surface area (Å²) in [6, 6.07) is 12.7. The Morgan fingerprint density at radius 1 is 1.09 bits per heavy atom. The summed E-state index contributed by atoms with van der Waals surface area (Å²) >= 11 is 0. The second-order valence-electron chi connectivity index (χ2n) is 8.24. The highest BCUT2D eigenvalue weighted by atomic mass is 19.4. The van der Waals surface area contributed by atoms with E-state index in [2.05, 4.69) is 4.98 Å². The fourth-order valence-corrected chi connectivity index (χ4v) is 4.25. The molecule has 0 aliphatic carbocycles. The van der Waals surface area contributed by atoms with Crippen molar-refractivity contribution in [2.24, 2.45) is 0 Å². The Hall–Kier alpha value is -3.22. The van der Waals surface area contributed by atoms with Crippen LogP contribution in [-0.4, -0.2) is 33.9 Å². The Balaban J connectivity index is 1.53. The van der Waals surface area contributed by atoms with E-state index in [0.29, 0.717) is 30.6 Å². The van der Waals surface area contributed by atoms with Crippen LogP contribution >= 0.6 is 0 Å². The molecule has 0 spiro atoms. The molecule has 4 nitrogen and oxygen atoms in total. The first-order chi connectivity index (χ1) is 15.3. The molecule has 4 rings (SSSR count). The minimum atomic E-state index is -4.36. The van der Waals surface area contributed by atoms with Crippen LogP contribution in [0.2, 0.25) is 0 Å². The van der Waals surface area contributed by atoms with Gasteiger partial charge in [-0.15, -0.1) is 0 Å². The third kappa shape index (κ3) is 5.15. The van der Waals surface area contributed by atoms with Crippen molar-refractivity contribution in [2.75, 3.05) is 13.1 Å². The van der Waals surface area contributed by atoms with Crippen molar-refractivity contribution in [3.8, 4) is 0 Å². The average molecular weight is 439 g/mol. The highest BCUT2D eigenvalue weighted by molar-refractivity contribution is 5.94. The van der Waals surface area contributed by atoms with Crippen molar-refractivity contribution in [1.29, 1.82) is 0 Å². The average Bonchev–Trinajstić information content (AvgIpc) is 2.78. The molecule has 32 heavy (non-hydrogen) atoms. The maximum atomic E-state index is 13.1. The molecule has 166 valence electrons. The molecule has 1 saturated heterocycles. The molecule has 2 aromatic heterocycles. The molecule has 0 radical (unpaired) electrons. The SMILES string of the molecule is Cc1cc(Cc2cccc(C(F)(F)F)c2)cc(C2CCCN(C(=O)c3ccncc3)C2)n1. The number of likely N-dealkylation sites (tertiary alicyclic amines) is 1. The number of hydrogen-bond acceptors (Lipinski definition) is 3. The number of aromatic nitrogens is 2. The van der Waals surface area contributed by atoms with Gasteiger partial charge in [0.2, 0.25) is 0 Å². The number of benzene rings is 1. The second-order valence-corrected chi connectivity index (χ2v) is 8.24. The van der Waals surface area contributed by atoms with Gasteiger partial charge in [-0.25, -0.2) is 0 Å². The molecule has 0 N–H and O–H groups in total. The van der Waals surface area contributed by atoms with Crippen LogP contribution in [0.4, 0.5) is 13.2 Å². The molecule has 1 aliphatic heterocycles. The normalized spacial score (nSPS) is 16.8. The third-order valence-electron chi connectivity index (χ3n) is 5.75. The number of halogens is 3. The van der Waals surface area contributed by atoms with Gasteiger partial charge in [0.25, 0.3) is 5.91 Å². The Kier molecular flexibility index (Phi) is 6.26. The fourth-order valence-electron chi connectivity index (χ4n) is 4.25. The van der Waals surface area contributed by atoms with Gasteiger partial charge in [-0.1, -0.05) is 18.2 Å². The van der Waals surface area contributed by atoms with Crippen molar-refractivity contribution in [3.63, 3.8) is 0 Å². The zero-order valence-electron chi connectivity index (χ0n) is 17.8. The standard InChI is InChI=1S/C25H24F3N3O/c1-17-12-19(13-18-4-2-6-22(14-18)25(26,27)28)15-23(30-17)21-5-3-11-31(16-21)24(32)20-7-9-29-10-8-20/h2,4,6-10,12,14-15,21H,3,5,11,13,16H2,1H3. The van der Waals surface area contributed by atoms with Gasteiger partial charge < -0.3 is 4.90 Å². The number of nitrogens with zero attached hydrogens (tertiary/aromatic N) is 3. The number of carbonyl (C=O) groups is 1. The van der Waals surface area contributed by atoms with Crippen LogP contribution in [0.3, 0.4) is 0 Å². The quantitative estimate of drug-likeness (QED) is 0.546. The van der Waals surface area contributed by atoms with E-state index in [1.165, 1.54) is 12.1 Å². The third-order valence-corrected chi connectivity index (χ3v) is 5.75. The van der Waals surface area contributed by atoms with E-state index < -0.39 is 11.7 Å². The van der Waals surface area contributed by atoms with Crippen LogP contribution in [0.25, 0.3) is 0 Å². The van der Waals surface area contributed by atoms with Crippen LogP contribution in [0.1, 0.15) is 57.2 Å². The highest BCUT2D eigenvalue weighted by Gasteiger charge is 2.30. The van der Waals surface area contributed by atoms with Gasteiger partial charge in [-0.3, -0.25) is 14.8 Å². The van der Waals surface area contributed by atoms with Crippen LogP contribution in [0.5, 0.6) is 0 Å². The summed E-state index contributed by atoms with van der Waals surface area (Å²) in [4.78, 5) is 23.4. The first-order valence-corrected chi connectivity index (χ1v) is 10.6. The smallest absolute Gasteiger partial charge is 0.338 e. The van der Waals surface area contributed by atoms with E-state index >= 15 is 0 Å². The van der Waals surface area contributed by atoms with Gasteiger partial charge in [0.15, 0.2) is 0 Å². The predicted molar refractivity (Wildman–Crippen MR) is 115 cm³/mol. The number of rotatable bonds is 4. The predicted octanol–water partition coefficient (Wildman–Crippen LogP) is 5.41. The van der Waals surface area contributed by atoms with Gasteiger partial charge in [0.05, 0.1) is 5.56 Å². The Labute approximate surface area is 185 Å². The molecule has 1 aromatic carbocycles. The molecule has 1 unspecified atom stereocenters. The molecule has 3 aromatic rings. The lowest BCUT2D eigenvalue weighted by atomic mass is 9.92. The van der Waals surface area contributed by atoms with Crippen LogP contribution in [0, 0.1) is 6.92 Å². The Bertz CT molecular complexity index is 1100. The number of aryl methyl sites for hydroxylation is 1. The molecule has 1 amide bonds. The zero-order chi connectivity index (χ0) is 22.7. The number of hydrogen-bond donors (Lipinski definition) is 0. The van der Waals surface area contributed by atoms with Crippen molar-refractivity contribution in [3.05, 3.63) is 94.6 Å². The molecule has 1 fully saturated rings. The molecular formula is C25H24F3N3O. The second kappa shape index (κ2) is 9.10. The number of amides is 1. The molecule has 1 aliphatic rings. The summed E-state index contributed by atoms with van der Waals surface area (Å²) in [7, 11) is 0. The summed E-state index contributed by atoms with van der Waals surface area (Å²) < 4.78 is 39.2. The van der Waals surface area contributed by atoms with Crippen LogP contribution in [0.15, 0.2) is 60.9 Å². The van der Waals surface area contributed by atoms with E-state index in [1.54, 1.807) is 30.6 Å². The zero-order valence-corrected chi connectivity index (χ0v) is 17.8. The molecular weight excluding hydrogens is 415 g/mol.